The molecule has 0 aromatic carbocycles. The van der Waals surface area contributed by atoms with E-state index in [4.69, 9.17) is 0 Å². The molecule has 0 radical (unpaired) electrons. The van der Waals surface area contributed by atoms with Gasteiger partial charge in [0.1, 0.15) is 11.4 Å². The monoisotopic (exact) mass is 459 g/mol. The third-order valence-corrected chi connectivity index (χ3v) is 7.80. The molecule has 0 bridgehead atoms. The summed E-state index contributed by atoms with van der Waals surface area (Å²) >= 11 is 1.61. The number of nitrogens with one attached hydrogen (secondary N) is 2. The Morgan fingerprint density at radius 1 is 1.19 bits per heavy atom. The van der Waals surface area contributed by atoms with Crippen LogP contribution >= 0.6 is 11.3 Å². The number of nitrogens with zero attached hydrogens (tertiary/aromatic N) is 3. The van der Waals surface area contributed by atoms with Crippen LogP contribution in [0.3, 0.4) is 0 Å². The molecule has 8 nitrogen and oxygen atoms in total. The van der Waals surface area contributed by atoms with Crippen molar-refractivity contribution in [2.45, 2.75) is 70.9 Å². The van der Waals surface area contributed by atoms with Crippen LogP contribution in [0, 0.1) is 0 Å². The second-order valence-electron chi connectivity index (χ2n) is 8.75. The SMILES string of the molecule is CCN1CCCC1CNC(=O)CCCNC(=O)Cn1cnc2sc3c(c2c1=O)CCCC3. The van der Waals surface area contributed by atoms with Crippen LogP contribution in [0.25, 0.3) is 10.2 Å². The van der Waals surface area contributed by atoms with Crippen molar-refractivity contribution in [1.82, 2.24) is 25.1 Å². The summed E-state index contributed by atoms with van der Waals surface area (Å²) in [5.74, 6) is -0.211. The van der Waals surface area contributed by atoms with Gasteiger partial charge in [-0.15, -0.1) is 11.3 Å². The van der Waals surface area contributed by atoms with Gasteiger partial charge in [-0.2, -0.15) is 0 Å². The van der Waals surface area contributed by atoms with Crippen molar-refractivity contribution >= 4 is 33.4 Å². The molecule has 3 heterocycles. The lowest BCUT2D eigenvalue weighted by atomic mass is 9.97. The van der Waals surface area contributed by atoms with E-state index in [1.165, 1.54) is 22.2 Å². The number of hydrogen-bond donors (Lipinski definition) is 2. The van der Waals surface area contributed by atoms with Crippen LogP contribution in [0.1, 0.15) is 55.9 Å². The molecule has 1 fully saturated rings. The third kappa shape index (κ3) is 5.20. The van der Waals surface area contributed by atoms with E-state index in [-0.39, 0.29) is 23.9 Å². The van der Waals surface area contributed by atoms with Gasteiger partial charge in [-0.25, -0.2) is 4.98 Å². The number of carbonyl (C=O) groups is 2. The van der Waals surface area contributed by atoms with Crippen molar-refractivity contribution in [3.05, 3.63) is 27.1 Å². The zero-order chi connectivity index (χ0) is 22.5. The van der Waals surface area contributed by atoms with Gasteiger partial charge in [-0.3, -0.25) is 23.9 Å². The van der Waals surface area contributed by atoms with Crippen molar-refractivity contribution in [2.75, 3.05) is 26.2 Å². The highest BCUT2D eigenvalue weighted by molar-refractivity contribution is 7.18. The molecular formula is C23H33N5O3S. The number of likely N-dealkylation sites (N-methyl/N-ethyl adjacent to an activating group) is 1. The van der Waals surface area contributed by atoms with Gasteiger partial charge in [0.05, 0.1) is 11.7 Å². The standard InChI is InChI=1S/C23H33N5O3S/c1-2-27-12-6-7-16(27)13-25-19(29)10-5-11-24-20(30)14-28-15-26-22-21(23(28)31)17-8-3-4-9-18(17)32-22/h15-16H,2-14H2,1H3,(H,24,30)(H,25,29). The Bertz CT molecular complexity index is 1030. The fourth-order valence-electron chi connectivity index (χ4n) is 4.84. The zero-order valence-electron chi connectivity index (χ0n) is 18.8. The minimum Gasteiger partial charge on any atom is -0.355 e. The number of fused-ring (bicyclic) bond motifs is 3. The highest BCUT2D eigenvalue weighted by atomic mass is 32.1. The van der Waals surface area contributed by atoms with Crippen LogP contribution in [0.15, 0.2) is 11.1 Å². The molecule has 2 aromatic heterocycles. The Labute approximate surface area is 192 Å². The van der Waals surface area contributed by atoms with Crippen molar-refractivity contribution in [3.63, 3.8) is 0 Å². The molecule has 2 N–H and O–H groups in total. The zero-order valence-corrected chi connectivity index (χ0v) is 19.6. The Morgan fingerprint density at radius 2 is 2.03 bits per heavy atom. The Hall–Kier alpha value is -2.26. The number of rotatable bonds is 9. The first kappa shape index (κ1) is 22.9. The van der Waals surface area contributed by atoms with Crippen molar-refractivity contribution < 1.29 is 9.59 Å². The highest BCUT2D eigenvalue weighted by Gasteiger charge is 2.23. The summed E-state index contributed by atoms with van der Waals surface area (Å²) in [6.45, 7) is 5.35. The van der Waals surface area contributed by atoms with E-state index in [0.29, 0.717) is 37.4 Å². The Kier molecular flexibility index (Phi) is 7.57. The van der Waals surface area contributed by atoms with E-state index in [2.05, 4.69) is 27.4 Å². The summed E-state index contributed by atoms with van der Waals surface area (Å²) in [5.41, 5.74) is 1.01. The molecule has 32 heavy (non-hydrogen) atoms. The van der Waals surface area contributed by atoms with Gasteiger partial charge < -0.3 is 10.6 Å². The number of carbonyl (C=O) groups excluding carboxylic acids is 2. The molecular weight excluding hydrogens is 426 g/mol. The summed E-state index contributed by atoms with van der Waals surface area (Å²) in [7, 11) is 0. The maximum absolute atomic E-state index is 12.9. The lowest BCUT2D eigenvalue weighted by Gasteiger charge is -2.22. The summed E-state index contributed by atoms with van der Waals surface area (Å²) in [6, 6.07) is 0.446. The molecule has 4 rings (SSSR count). The van der Waals surface area contributed by atoms with Gasteiger partial charge in [-0.05, 0) is 63.6 Å². The molecule has 1 aliphatic heterocycles. The van der Waals surface area contributed by atoms with Crippen LogP contribution in [-0.2, 0) is 29.0 Å². The molecule has 2 aromatic rings. The summed E-state index contributed by atoms with van der Waals surface area (Å²) in [5, 5.41) is 6.53. The van der Waals surface area contributed by atoms with Crippen LogP contribution in [0.5, 0.6) is 0 Å². The first-order valence-corrected chi connectivity index (χ1v) is 12.7. The lowest BCUT2D eigenvalue weighted by molar-refractivity contribution is -0.123. The van der Waals surface area contributed by atoms with Gasteiger partial charge in [-0.1, -0.05) is 6.92 Å². The second-order valence-corrected chi connectivity index (χ2v) is 9.83. The van der Waals surface area contributed by atoms with Gasteiger partial charge in [0.25, 0.3) is 5.56 Å². The highest BCUT2D eigenvalue weighted by Crippen LogP contribution is 2.33. The minimum atomic E-state index is -0.234. The number of aryl methyl sites for hydroxylation is 2. The van der Waals surface area contributed by atoms with Gasteiger partial charge >= 0.3 is 0 Å². The Balaban J connectivity index is 1.21. The molecule has 9 heteroatoms. The first-order valence-electron chi connectivity index (χ1n) is 11.8. The topological polar surface area (TPSA) is 96.3 Å². The predicted molar refractivity (Wildman–Crippen MR) is 126 cm³/mol. The average molecular weight is 460 g/mol. The maximum Gasteiger partial charge on any atom is 0.262 e. The molecule has 1 aliphatic carbocycles. The van der Waals surface area contributed by atoms with Gasteiger partial charge in [0.2, 0.25) is 11.8 Å². The number of amides is 2. The fourth-order valence-corrected chi connectivity index (χ4v) is 6.06. The van der Waals surface area contributed by atoms with Gasteiger partial charge in [0.15, 0.2) is 0 Å². The van der Waals surface area contributed by atoms with Crippen LogP contribution < -0.4 is 16.2 Å². The minimum absolute atomic E-state index is 0.0234. The number of hydrogen-bond acceptors (Lipinski definition) is 6. The summed E-state index contributed by atoms with van der Waals surface area (Å²) in [4.78, 5) is 46.3. The largest absolute Gasteiger partial charge is 0.355 e. The molecule has 2 amide bonds. The smallest absolute Gasteiger partial charge is 0.262 e. The number of likely N-dealkylation sites (tertiary alicyclic amines) is 1. The average Bonchev–Trinajstić information content (AvgIpc) is 3.41. The molecule has 0 saturated carbocycles. The maximum atomic E-state index is 12.9. The van der Waals surface area contributed by atoms with Crippen LogP contribution in [0.4, 0.5) is 0 Å². The normalized spacial score (nSPS) is 18.6. The van der Waals surface area contributed by atoms with Crippen molar-refractivity contribution in [1.29, 1.82) is 0 Å². The van der Waals surface area contributed by atoms with E-state index in [0.717, 1.165) is 55.6 Å². The summed E-state index contributed by atoms with van der Waals surface area (Å²) < 4.78 is 1.40. The lowest BCUT2D eigenvalue weighted by Crippen LogP contribution is -2.40. The second kappa shape index (κ2) is 10.6. The van der Waals surface area contributed by atoms with Gasteiger partial charge in [0, 0.05) is 30.4 Å². The third-order valence-electron chi connectivity index (χ3n) is 6.60. The molecule has 2 aliphatic rings. The van der Waals surface area contributed by atoms with E-state index < -0.39 is 0 Å². The molecule has 0 spiro atoms. The number of aromatic nitrogens is 2. The van der Waals surface area contributed by atoms with E-state index in [9.17, 15) is 14.4 Å². The van der Waals surface area contributed by atoms with Crippen molar-refractivity contribution in [3.8, 4) is 0 Å². The number of thiophene rings is 1. The molecule has 1 atom stereocenters. The molecule has 1 unspecified atom stereocenters. The summed E-state index contributed by atoms with van der Waals surface area (Å²) in [6.07, 6.45) is 8.95. The predicted octanol–water partition coefficient (Wildman–Crippen LogP) is 1.83. The van der Waals surface area contributed by atoms with E-state index >= 15 is 0 Å². The first-order chi connectivity index (χ1) is 15.6. The molecule has 174 valence electrons. The quantitative estimate of drug-likeness (QED) is 0.558. The fraction of sp³-hybridized carbons (Fsp3) is 0.652. The Morgan fingerprint density at radius 3 is 2.88 bits per heavy atom. The van der Waals surface area contributed by atoms with Crippen molar-refractivity contribution in [2.24, 2.45) is 0 Å². The van der Waals surface area contributed by atoms with E-state index in [1.54, 1.807) is 11.3 Å². The van der Waals surface area contributed by atoms with E-state index in [1.807, 2.05) is 0 Å². The van der Waals surface area contributed by atoms with Crippen LogP contribution in [-0.4, -0.2) is 58.5 Å². The molecule has 1 saturated heterocycles. The van der Waals surface area contributed by atoms with Crippen LogP contribution in [0.2, 0.25) is 0 Å².